The Morgan fingerprint density at radius 1 is 0.923 bits per heavy atom. The third-order valence-corrected chi connectivity index (χ3v) is 4.72. The second-order valence-corrected chi connectivity index (χ2v) is 6.60. The molecule has 0 aliphatic carbocycles. The Hall–Kier alpha value is -3.13. The molecule has 1 fully saturated rings. The van der Waals surface area contributed by atoms with Crippen LogP contribution in [0.15, 0.2) is 42.5 Å². The highest BCUT2D eigenvalue weighted by atomic mass is 16.2. The maximum atomic E-state index is 12.8. The van der Waals surface area contributed by atoms with Crippen molar-refractivity contribution in [1.82, 2.24) is 9.80 Å². The zero-order valence-corrected chi connectivity index (χ0v) is 15.0. The molecule has 0 radical (unpaired) electrons. The third-order valence-electron chi connectivity index (χ3n) is 4.72. The summed E-state index contributed by atoms with van der Waals surface area (Å²) in [5.41, 5.74) is 3.74. The molecule has 0 atom stereocenters. The van der Waals surface area contributed by atoms with Gasteiger partial charge < -0.3 is 9.80 Å². The fourth-order valence-corrected chi connectivity index (χ4v) is 3.15. The molecule has 26 heavy (non-hydrogen) atoms. The Morgan fingerprint density at radius 2 is 1.58 bits per heavy atom. The van der Waals surface area contributed by atoms with Gasteiger partial charge in [0, 0.05) is 37.3 Å². The van der Waals surface area contributed by atoms with Gasteiger partial charge in [0.15, 0.2) is 0 Å². The van der Waals surface area contributed by atoms with E-state index in [1.54, 1.807) is 34.1 Å². The molecule has 1 heterocycles. The van der Waals surface area contributed by atoms with Crippen LogP contribution >= 0.6 is 0 Å². The number of amides is 2. The number of rotatable bonds is 2. The largest absolute Gasteiger partial charge is 0.335 e. The summed E-state index contributed by atoms with van der Waals surface area (Å²) in [6, 6.07) is 14.7. The van der Waals surface area contributed by atoms with Gasteiger partial charge >= 0.3 is 0 Å². The number of aryl methyl sites for hydroxylation is 2. The molecule has 5 nitrogen and oxygen atoms in total. The van der Waals surface area contributed by atoms with Gasteiger partial charge in [-0.25, -0.2) is 0 Å². The standard InChI is InChI=1S/C21H21N3O2/c1-15-6-7-16(2)19(12-15)21(26)24-10-8-23(9-11-24)20(25)18-5-3-4-17(13-18)14-22/h3-7,12-13H,8-11H2,1-2H3. The van der Waals surface area contributed by atoms with E-state index >= 15 is 0 Å². The minimum Gasteiger partial charge on any atom is -0.335 e. The smallest absolute Gasteiger partial charge is 0.254 e. The summed E-state index contributed by atoms with van der Waals surface area (Å²) in [6.45, 7) is 5.92. The maximum Gasteiger partial charge on any atom is 0.254 e. The van der Waals surface area contributed by atoms with E-state index in [1.807, 2.05) is 32.0 Å². The van der Waals surface area contributed by atoms with E-state index < -0.39 is 0 Å². The minimum absolute atomic E-state index is 0.0183. The van der Waals surface area contributed by atoms with Crippen molar-refractivity contribution in [2.45, 2.75) is 13.8 Å². The van der Waals surface area contributed by atoms with E-state index in [9.17, 15) is 9.59 Å². The molecule has 1 aliphatic heterocycles. The summed E-state index contributed by atoms with van der Waals surface area (Å²) in [4.78, 5) is 29.0. The first-order valence-electron chi connectivity index (χ1n) is 8.65. The number of piperazine rings is 1. The van der Waals surface area contributed by atoms with E-state index in [2.05, 4.69) is 6.07 Å². The molecule has 2 aromatic carbocycles. The SMILES string of the molecule is Cc1ccc(C)c(C(=O)N2CCN(C(=O)c3cccc(C#N)c3)CC2)c1. The molecule has 2 amide bonds. The molecule has 0 N–H and O–H groups in total. The maximum absolute atomic E-state index is 12.8. The van der Waals surface area contributed by atoms with Gasteiger partial charge in [0.25, 0.3) is 11.8 Å². The Bertz CT molecular complexity index is 890. The molecule has 1 saturated heterocycles. The minimum atomic E-state index is -0.0964. The highest BCUT2D eigenvalue weighted by Crippen LogP contribution is 2.16. The van der Waals surface area contributed by atoms with Gasteiger partial charge in [0.05, 0.1) is 11.6 Å². The van der Waals surface area contributed by atoms with Crippen molar-refractivity contribution in [1.29, 1.82) is 5.26 Å². The van der Waals surface area contributed by atoms with Crippen LogP contribution in [0.3, 0.4) is 0 Å². The molecule has 0 saturated carbocycles. The zero-order valence-electron chi connectivity index (χ0n) is 15.0. The van der Waals surface area contributed by atoms with Gasteiger partial charge in [-0.3, -0.25) is 9.59 Å². The van der Waals surface area contributed by atoms with Gasteiger partial charge in [-0.1, -0.05) is 23.8 Å². The predicted molar refractivity (Wildman–Crippen MR) is 98.9 cm³/mol. The van der Waals surface area contributed by atoms with Crippen LogP contribution in [0.1, 0.15) is 37.4 Å². The van der Waals surface area contributed by atoms with Crippen LogP contribution in [0.5, 0.6) is 0 Å². The number of carbonyl (C=O) groups is 2. The van der Waals surface area contributed by atoms with E-state index in [0.29, 0.717) is 37.3 Å². The fraction of sp³-hybridized carbons (Fsp3) is 0.286. The van der Waals surface area contributed by atoms with E-state index in [0.717, 1.165) is 16.7 Å². The van der Waals surface area contributed by atoms with Crippen LogP contribution in [-0.4, -0.2) is 47.8 Å². The molecule has 0 bridgehead atoms. The first kappa shape index (κ1) is 17.7. The summed E-state index contributed by atoms with van der Waals surface area (Å²) in [6.07, 6.45) is 0. The fourth-order valence-electron chi connectivity index (χ4n) is 3.15. The molecular weight excluding hydrogens is 326 g/mol. The van der Waals surface area contributed by atoms with Crippen molar-refractivity contribution in [2.75, 3.05) is 26.2 Å². The first-order valence-corrected chi connectivity index (χ1v) is 8.65. The molecule has 132 valence electrons. The Balaban J connectivity index is 1.67. The molecule has 2 aromatic rings. The Morgan fingerprint density at radius 3 is 2.23 bits per heavy atom. The number of benzene rings is 2. The van der Waals surface area contributed by atoms with E-state index in [1.165, 1.54) is 0 Å². The highest BCUT2D eigenvalue weighted by molar-refractivity contribution is 5.97. The van der Waals surface area contributed by atoms with Crippen LogP contribution in [0, 0.1) is 25.2 Å². The van der Waals surface area contributed by atoms with E-state index in [-0.39, 0.29) is 11.8 Å². The lowest BCUT2D eigenvalue weighted by molar-refractivity contribution is 0.0535. The number of hydrogen-bond acceptors (Lipinski definition) is 3. The van der Waals surface area contributed by atoms with E-state index in [4.69, 9.17) is 5.26 Å². The second kappa shape index (κ2) is 7.40. The van der Waals surface area contributed by atoms with Gasteiger partial charge in [-0.15, -0.1) is 0 Å². The molecular formula is C21H21N3O2. The lowest BCUT2D eigenvalue weighted by atomic mass is 10.0. The van der Waals surface area contributed by atoms with Crippen molar-refractivity contribution in [2.24, 2.45) is 0 Å². The first-order chi connectivity index (χ1) is 12.5. The Kier molecular flexibility index (Phi) is 5.04. The predicted octanol–water partition coefficient (Wildman–Crippen LogP) is 2.77. The van der Waals surface area contributed by atoms with Crippen LogP contribution in [0.2, 0.25) is 0 Å². The van der Waals surface area contributed by atoms with Crippen molar-refractivity contribution >= 4 is 11.8 Å². The van der Waals surface area contributed by atoms with Gasteiger partial charge in [-0.2, -0.15) is 5.26 Å². The average Bonchev–Trinajstić information content (AvgIpc) is 2.69. The molecule has 0 spiro atoms. The second-order valence-electron chi connectivity index (χ2n) is 6.60. The topological polar surface area (TPSA) is 64.4 Å². The highest BCUT2D eigenvalue weighted by Gasteiger charge is 2.26. The van der Waals surface area contributed by atoms with Crippen molar-refractivity contribution in [3.8, 4) is 6.07 Å². The summed E-state index contributed by atoms with van der Waals surface area (Å²) in [5.74, 6) is -0.0780. The van der Waals surface area contributed by atoms with Gasteiger partial charge in [0.1, 0.15) is 0 Å². The zero-order chi connectivity index (χ0) is 18.7. The molecule has 3 rings (SSSR count). The monoisotopic (exact) mass is 347 g/mol. The average molecular weight is 347 g/mol. The van der Waals surface area contributed by atoms with Crippen LogP contribution in [-0.2, 0) is 0 Å². The van der Waals surface area contributed by atoms with Crippen molar-refractivity contribution in [3.63, 3.8) is 0 Å². The lowest BCUT2D eigenvalue weighted by Gasteiger charge is -2.35. The quantitative estimate of drug-likeness (QED) is 0.839. The summed E-state index contributed by atoms with van der Waals surface area (Å²) in [7, 11) is 0. The molecule has 1 aliphatic rings. The number of carbonyl (C=O) groups excluding carboxylic acids is 2. The van der Waals surface area contributed by atoms with Gasteiger partial charge in [0.2, 0.25) is 0 Å². The summed E-state index contributed by atoms with van der Waals surface area (Å²) >= 11 is 0. The summed E-state index contributed by atoms with van der Waals surface area (Å²) < 4.78 is 0. The summed E-state index contributed by atoms with van der Waals surface area (Å²) in [5, 5.41) is 8.98. The molecule has 0 aromatic heterocycles. The third kappa shape index (κ3) is 3.60. The number of nitrogens with zero attached hydrogens (tertiary/aromatic N) is 3. The van der Waals surface area contributed by atoms with Crippen LogP contribution < -0.4 is 0 Å². The van der Waals surface area contributed by atoms with Crippen molar-refractivity contribution in [3.05, 3.63) is 70.3 Å². The lowest BCUT2D eigenvalue weighted by Crippen LogP contribution is -2.50. The number of nitriles is 1. The van der Waals surface area contributed by atoms with Crippen LogP contribution in [0.25, 0.3) is 0 Å². The number of hydrogen-bond donors (Lipinski definition) is 0. The van der Waals surface area contributed by atoms with Crippen molar-refractivity contribution < 1.29 is 9.59 Å². The van der Waals surface area contributed by atoms with Gasteiger partial charge in [-0.05, 0) is 43.7 Å². The normalized spacial score (nSPS) is 14.0. The molecule has 0 unspecified atom stereocenters. The Labute approximate surface area is 153 Å². The molecule has 5 heteroatoms. The van der Waals surface area contributed by atoms with Crippen LogP contribution in [0.4, 0.5) is 0 Å².